The first-order valence-electron chi connectivity index (χ1n) is 7.01. The molecule has 0 spiro atoms. The van der Waals surface area contributed by atoms with Gasteiger partial charge in [0.2, 0.25) is 0 Å². The second-order valence-corrected chi connectivity index (χ2v) is 5.33. The van der Waals surface area contributed by atoms with Gasteiger partial charge in [-0.3, -0.25) is 4.68 Å². The molecule has 0 saturated carbocycles. The first-order valence-corrected chi connectivity index (χ1v) is 7.39. The van der Waals surface area contributed by atoms with Crippen molar-refractivity contribution in [1.82, 2.24) is 9.78 Å². The van der Waals surface area contributed by atoms with E-state index in [0.29, 0.717) is 11.6 Å². The second kappa shape index (κ2) is 5.78. The molecule has 0 aliphatic carbocycles. The average Bonchev–Trinajstić information content (AvgIpc) is 2.79. The van der Waals surface area contributed by atoms with E-state index in [4.69, 9.17) is 16.3 Å². The highest BCUT2D eigenvalue weighted by Gasteiger charge is 2.13. The van der Waals surface area contributed by atoms with Crippen molar-refractivity contribution in [2.45, 2.75) is 20.0 Å². The third-order valence-electron chi connectivity index (χ3n) is 3.62. The molecule has 0 aliphatic heterocycles. The van der Waals surface area contributed by atoms with Gasteiger partial charge in [-0.25, -0.2) is 0 Å². The van der Waals surface area contributed by atoms with Crippen molar-refractivity contribution in [3.8, 4) is 5.75 Å². The van der Waals surface area contributed by atoms with Gasteiger partial charge in [0.15, 0.2) is 0 Å². The fourth-order valence-corrected chi connectivity index (χ4v) is 2.79. The normalized spacial score (nSPS) is 11.0. The molecule has 0 atom stereocenters. The first kappa shape index (κ1) is 14.0. The SMILES string of the molecule is CCc1nn(C)c(COc2cccc3ccccc23)c1Cl. The average molecular weight is 301 g/mol. The molecule has 0 fully saturated rings. The Labute approximate surface area is 129 Å². The van der Waals surface area contributed by atoms with Crippen LogP contribution < -0.4 is 4.74 Å². The number of nitrogens with zero attached hydrogens (tertiary/aromatic N) is 2. The minimum Gasteiger partial charge on any atom is -0.487 e. The Kier molecular flexibility index (Phi) is 3.84. The number of fused-ring (bicyclic) bond motifs is 1. The standard InChI is InChI=1S/C17H17ClN2O/c1-3-14-17(18)15(20(2)19-14)11-21-16-10-6-8-12-7-4-5-9-13(12)16/h4-10H,3,11H2,1-2H3. The number of benzene rings is 2. The molecule has 0 radical (unpaired) electrons. The summed E-state index contributed by atoms with van der Waals surface area (Å²) in [5.74, 6) is 0.864. The van der Waals surface area contributed by atoms with Gasteiger partial charge < -0.3 is 4.74 Å². The van der Waals surface area contributed by atoms with Crippen LogP contribution in [0, 0.1) is 0 Å². The molecule has 108 valence electrons. The minimum atomic E-state index is 0.413. The highest BCUT2D eigenvalue weighted by Crippen LogP contribution is 2.27. The third kappa shape index (κ3) is 2.61. The van der Waals surface area contributed by atoms with Crippen LogP contribution in [0.5, 0.6) is 5.75 Å². The molecule has 21 heavy (non-hydrogen) atoms. The van der Waals surface area contributed by atoms with Crippen molar-refractivity contribution in [2.75, 3.05) is 0 Å². The summed E-state index contributed by atoms with van der Waals surface area (Å²) in [5, 5.41) is 7.39. The van der Waals surface area contributed by atoms with E-state index >= 15 is 0 Å². The van der Waals surface area contributed by atoms with Crippen molar-refractivity contribution in [1.29, 1.82) is 0 Å². The lowest BCUT2D eigenvalue weighted by Gasteiger charge is -2.09. The van der Waals surface area contributed by atoms with Gasteiger partial charge in [-0.1, -0.05) is 54.9 Å². The fraction of sp³-hybridized carbons (Fsp3) is 0.235. The van der Waals surface area contributed by atoms with Gasteiger partial charge in [-0.05, 0) is 17.9 Å². The van der Waals surface area contributed by atoms with E-state index in [2.05, 4.69) is 23.3 Å². The topological polar surface area (TPSA) is 27.1 Å². The molecule has 0 bridgehead atoms. The third-order valence-corrected chi connectivity index (χ3v) is 4.05. The summed E-state index contributed by atoms with van der Waals surface area (Å²) in [7, 11) is 1.90. The molecule has 1 aromatic heterocycles. The van der Waals surface area contributed by atoms with E-state index in [-0.39, 0.29) is 0 Å². The largest absolute Gasteiger partial charge is 0.487 e. The van der Waals surface area contributed by atoms with E-state index in [1.807, 2.05) is 38.2 Å². The summed E-state index contributed by atoms with van der Waals surface area (Å²) < 4.78 is 7.78. The smallest absolute Gasteiger partial charge is 0.131 e. The molecule has 2 aromatic carbocycles. The monoisotopic (exact) mass is 300 g/mol. The Balaban J connectivity index is 1.89. The van der Waals surface area contributed by atoms with Crippen molar-refractivity contribution in [3.63, 3.8) is 0 Å². The first-order chi connectivity index (χ1) is 10.2. The number of hydrogen-bond acceptors (Lipinski definition) is 2. The van der Waals surface area contributed by atoms with Gasteiger partial charge in [-0.2, -0.15) is 5.10 Å². The van der Waals surface area contributed by atoms with E-state index in [1.54, 1.807) is 4.68 Å². The molecule has 0 saturated heterocycles. The van der Waals surface area contributed by atoms with Crippen LogP contribution in [-0.4, -0.2) is 9.78 Å². The second-order valence-electron chi connectivity index (χ2n) is 4.95. The Morgan fingerprint density at radius 2 is 1.90 bits per heavy atom. The summed E-state index contributed by atoms with van der Waals surface area (Å²) in [6.07, 6.45) is 0.820. The molecule has 0 N–H and O–H groups in total. The Morgan fingerprint density at radius 3 is 2.67 bits per heavy atom. The quantitative estimate of drug-likeness (QED) is 0.715. The summed E-state index contributed by atoms with van der Waals surface area (Å²) in [6.45, 7) is 2.46. The fourth-order valence-electron chi connectivity index (χ4n) is 2.44. The molecule has 1 heterocycles. The van der Waals surface area contributed by atoms with E-state index in [0.717, 1.165) is 28.9 Å². The van der Waals surface area contributed by atoms with Crippen LogP contribution in [0.4, 0.5) is 0 Å². The highest BCUT2D eigenvalue weighted by atomic mass is 35.5. The molecular weight excluding hydrogens is 284 g/mol. The molecule has 0 aliphatic rings. The number of hydrogen-bond donors (Lipinski definition) is 0. The lowest BCUT2D eigenvalue weighted by atomic mass is 10.1. The van der Waals surface area contributed by atoms with Gasteiger partial charge in [-0.15, -0.1) is 0 Å². The van der Waals surface area contributed by atoms with Gasteiger partial charge in [0.05, 0.1) is 16.4 Å². The zero-order valence-electron chi connectivity index (χ0n) is 12.1. The van der Waals surface area contributed by atoms with Crippen molar-refractivity contribution in [3.05, 3.63) is 58.9 Å². The Bertz CT molecular complexity index is 774. The van der Waals surface area contributed by atoms with E-state index in [9.17, 15) is 0 Å². The summed E-state index contributed by atoms with van der Waals surface area (Å²) in [4.78, 5) is 0. The minimum absolute atomic E-state index is 0.413. The summed E-state index contributed by atoms with van der Waals surface area (Å²) in [5.41, 5.74) is 1.82. The predicted octanol–water partition coefficient (Wildman–Crippen LogP) is 4.37. The maximum atomic E-state index is 6.35. The molecular formula is C17H17ClN2O. The van der Waals surface area contributed by atoms with Crippen molar-refractivity contribution in [2.24, 2.45) is 7.05 Å². The molecule has 0 unspecified atom stereocenters. The number of aromatic nitrogens is 2. The number of aryl methyl sites for hydroxylation is 2. The molecule has 3 rings (SSSR count). The van der Waals surface area contributed by atoms with Crippen LogP contribution in [0.1, 0.15) is 18.3 Å². The van der Waals surface area contributed by atoms with Gasteiger partial charge in [0.25, 0.3) is 0 Å². The molecule has 3 aromatic rings. The zero-order valence-corrected chi connectivity index (χ0v) is 12.9. The number of ether oxygens (including phenoxy) is 1. The highest BCUT2D eigenvalue weighted by molar-refractivity contribution is 6.31. The van der Waals surface area contributed by atoms with Crippen molar-refractivity contribution < 1.29 is 4.74 Å². The lowest BCUT2D eigenvalue weighted by Crippen LogP contribution is -2.03. The van der Waals surface area contributed by atoms with Gasteiger partial charge >= 0.3 is 0 Å². The van der Waals surface area contributed by atoms with Crippen LogP contribution in [0.25, 0.3) is 10.8 Å². The van der Waals surface area contributed by atoms with Crippen LogP contribution in [0.3, 0.4) is 0 Å². The van der Waals surface area contributed by atoms with Crippen LogP contribution >= 0.6 is 11.6 Å². The van der Waals surface area contributed by atoms with Crippen LogP contribution in [-0.2, 0) is 20.1 Å². The molecule has 0 amide bonds. The molecule has 3 nitrogen and oxygen atoms in total. The predicted molar refractivity (Wildman–Crippen MR) is 85.9 cm³/mol. The maximum absolute atomic E-state index is 6.35. The van der Waals surface area contributed by atoms with Crippen LogP contribution in [0.15, 0.2) is 42.5 Å². The van der Waals surface area contributed by atoms with Crippen molar-refractivity contribution >= 4 is 22.4 Å². The summed E-state index contributed by atoms with van der Waals surface area (Å²) in [6, 6.07) is 14.2. The lowest BCUT2D eigenvalue weighted by molar-refractivity contribution is 0.298. The van der Waals surface area contributed by atoms with Gasteiger partial charge in [0, 0.05) is 12.4 Å². The van der Waals surface area contributed by atoms with E-state index < -0.39 is 0 Å². The number of rotatable bonds is 4. The summed E-state index contributed by atoms with van der Waals surface area (Å²) >= 11 is 6.35. The number of halogens is 1. The van der Waals surface area contributed by atoms with Gasteiger partial charge in [0.1, 0.15) is 12.4 Å². The maximum Gasteiger partial charge on any atom is 0.131 e. The Hall–Kier alpha value is -2.00. The zero-order chi connectivity index (χ0) is 14.8. The van der Waals surface area contributed by atoms with E-state index in [1.165, 1.54) is 5.39 Å². The molecule has 4 heteroatoms. The van der Waals surface area contributed by atoms with Crippen LogP contribution in [0.2, 0.25) is 5.02 Å². The Morgan fingerprint density at radius 1 is 1.14 bits per heavy atom.